The predicted octanol–water partition coefficient (Wildman–Crippen LogP) is 5.65. The van der Waals surface area contributed by atoms with Gasteiger partial charge in [0.1, 0.15) is 0 Å². The van der Waals surface area contributed by atoms with E-state index >= 15 is 0 Å². The molecule has 3 N–H and O–H groups in total. The molecule has 2 aromatic carbocycles. The molecule has 0 bridgehead atoms. The molecule has 0 fully saturated rings. The van der Waals surface area contributed by atoms with Gasteiger partial charge in [0, 0.05) is 10.7 Å². The number of hydrogen-bond acceptors (Lipinski definition) is 2. The lowest BCUT2D eigenvalue weighted by Gasteiger charge is -2.14. The van der Waals surface area contributed by atoms with Crippen molar-refractivity contribution < 1.29 is 13.2 Å². The van der Waals surface area contributed by atoms with Crippen molar-refractivity contribution in [3.8, 4) is 0 Å². The standard InChI is InChI=1S/C14H11Cl2F3N2/c1-7-2-11(20)13(16)12(3-7)21-10-5-8(14(17,18)19)4-9(15)6-10/h2-6,21H,20H2,1H3. The summed E-state index contributed by atoms with van der Waals surface area (Å²) in [6.07, 6.45) is -4.48. The molecule has 2 aromatic rings. The molecule has 0 aliphatic rings. The van der Waals surface area contributed by atoms with Crippen molar-refractivity contribution in [2.24, 2.45) is 0 Å². The number of rotatable bonds is 2. The van der Waals surface area contributed by atoms with Crippen molar-refractivity contribution in [2.75, 3.05) is 11.1 Å². The van der Waals surface area contributed by atoms with Gasteiger partial charge in [-0.2, -0.15) is 13.2 Å². The number of nitrogens with one attached hydrogen (secondary N) is 1. The van der Waals surface area contributed by atoms with Gasteiger partial charge in [0.25, 0.3) is 0 Å². The summed E-state index contributed by atoms with van der Waals surface area (Å²) < 4.78 is 38.3. The number of hydrogen-bond donors (Lipinski definition) is 2. The maximum absolute atomic E-state index is 12.8. The van der Waals surface area contributed by atoms with Gasteiger partial charge in [-0.15, -0.1) is 0 Å². The van der Waals surface area contributed by atoms with E-state index in [-0.39, 0.29) is 15.7 Å². The van der Waals surface area contributed by atoms with Crippen LogP contribution in [0.4, 0.5) is 30.2 Å². The smallest absolute Gasteiger partial charge is 0.397 e. The first kappa shape index (κ1) is 15.8. The van der Waals surface area contributed by atoms with E-state index in [9.17, 15) is 13.2 Å². The van der Waals surface area contributed by atoms with Crippen LogP contribution in [-0.2, 0) is 6.18 Å². The van der Waals surface area contributed by atoms with Crippen molar-refractivity contribution in [3.63, 3.8) is 0 Å². The Morgan fingerprint density at radius 2 is 1.71 bits per heavy atom. The normalized spacial score (nSPS) is 11.5. The lowest BCUT2D eigenvalue weighted by Crippen LogP contribution is -2.05. The van der Waals surface area contributed by atoms with Crippen molar-refractivity contribution in [3.05, 3.63) is 51.5 Å². The average molecular weight is 335 g/mol. The van der Waals surface area contributed by atoms with Crippen LogP contribution in [0.3, 0.4) is 0 Å². The van der Waals surface area contributed by atoms with Crippen molar-refractivity contribution in [2.45, 2.75) is 13.1 Å². The van der Waals surface area contributed by atoms with Crippen LogP contribution in [0.5, 0.6) is 0 Å². The van der Waals surface area contributed by atoms with Crippen LogP contribution in [0.1, 0.15) is 11.1 Å². The Hall–Kier alpha value is -1.59. The summed E-state index contributed by atoms with van der Waals surface area (Å²) in [7, 11) is 0. The molecule has 7 heteroatoms. The molecule has 0 unspecified atom stereocenters. The number of anilines is 3. The van der Waals surface area contributed by atoms with E-state index < -0.39 is 11.7 Å². The van der Waals surface area contributed by atoms with E-state index in [2.05, 4.69) is 5.32 Å². The van der Waals surface area contributed by atoms with Gasteiger partial charge in [0.15, 0.2) is 0 Å². The van der Waals surface area contributed by atoms with Gasteiger partial charge in [0.2, 0.25) is 0 Å². The molecule has 0 aliphatic heterocycles. The molecule has 0 aliphatic carbocycles. The maximum atomic E-state index is 12.8. The highest BCUT2D eigenvalue weighted by Gasteiger charge is 2.31. The molecule has 0 aromatic heterocycles. The zero-order chi connectivity index (χ0) is 15.8. The Labute approximate surface area is 129 Å². The summed E-state index contributed by atoms with van der Waals surface area (Å²) >= 11 is 11.8. The van der Waals surface area contributed by atoms with E-state index in [1.54, 1.807) is 19.1 Å². The Kier molecular flexibility index (Phi) is 4.25. The van der Waals surface area contributed by atoms with Crippen molar-refractivity contribution >= 4 is 40.3 Å². The van der Waals surface area contributed by atoms with Gasteiger partial charge >= 0.3 is 6.18 Å². The highest BCUT2D eigenvalue weighted by Crippen LogP contribution is 2.36. The molecule has 0 spiro atoms. The molecule has 21 heavy (non-hydrogen) atoms. The van der Waals surface area contributed by atoms with Crippen LogP contribution in [0.15, 0.2) is 30.3 Å². The summed E-state index contributed by atoms with van der Waals surface area (Å²) in [5.74, 6) is 0. The minimum absolute atomic E-state index is 0.0240. The summed E-state index contributed by atoms with van der Waals surface area (Å²) in [6, 6.07) is 6.56. The van der Waals surface area contributed by atoms with Crippen LogP contribution in [0.2, 0.25) is 10.0 Å². The Morgan fingerprint density at radius 3 is 2.33 bits per heavy atom. The first-order chi connectivity index (χ1) is 9.66. The molecule has 0 saturated heterocycles. The minimum Gasteiger partial charge on any atom is -0.397 e. The average Bonchev–Trinajstić information content (AvgIpc) is 2.33. The summed E-state index contributed by atoms with van der Waals surface area (Å²) in [4.78, 5) is 0. The third kappa shape index (κ3) is 3.74. The molecule has 0 atom stereocenters. The van der Waals surface area contributed by atoms with Gasteiger partial charge in [-0.1, -0.05) is 23.2 Å². The fourth-order valence-corrected chi connectivity index (χ4v) is 2.26. The maximum Gasteiger partial charge on any atom is 0.416 e. The zero-order valence-corrected chi connectivity index (χ0v) is 12.4. The van der Waals surface area contributed by atoms with E-state index in [0.29, 0.717) is 11.4 Å². The fourth-order valence-electron chi connectivity index (χ4n) is 1.87. The van der Waals surface area contributed by atoms with Crippen LogP contribution >= 0.6 is 23.2 Å². The van der Waals surface area contributed by atoms with Gasteiger partial charge in [0.05, 0.1) is 22.0 Å². The molecular formula is C14H11Cl2F3N2. The monoisotopic (exact) mass is 334 g/mol. The molecule has 0 saturated carbocycles. The first-order valence-electron chi connectivity index (χ1n) is 5.87. The quantitative estimate of drug-likeness (QED) is 0.696. The zero-order valence-electron chi connectivity index (χ0n) is 10.9. The summed E-state index contributed by atoms with van der Waals surface area (Å²) in [5, 5.41) is 3.03. The van der Waals surface area contributed by atoms with Gasteiger partial charge in [-0.05, 0) is 42.8 Å². The SMILES string of the molecule is Cc1cc(N)c(Cl)c(Nc2cc(Cl)cc(C(F)(F)F)c2)c1. The fraction of sp³-hybridized carbons (Fsp3) is 0.143. The van der Waals surface area contributed by atoms with Crippen LogP contribution in [0, 0.1) is 6.92 Å². The van der Waals surface area contributed by atoms with Crippen LogP contribution in [0.25, 0.3) is 0 Å². The summed E-state index contributed by atoms with van der Waals surface area (Å²) in [5.41, 5.74) is 6.67. The van der Waals surface area contributed by atoms with E-state index in [4.69, 9.17) is 28.9 Å². The van der Waals surface area contributed by atoms with Gasteiger partial charge in [-0.3, -0.25) is 0 Å². The van der Waals surface area contributed by atoms with Gasteiger partial charge in [-0.25, -0.2) is 0 Å². The van der Waals surface area contributed by atoms with Crippen molar-refractivity contribution in [1.82, 2.24) is 0 Å². The second-order valence-corrected chi connectivity index (χ2v) is 5.38. The molecule has 2 rings (SSSR count). The molecule has 0 heterocycles. The number of aryl methyl sites for hydroxylation is 1. The minimum atomic E-state index is -4.48. The van der Waals surface area contributed by atoms with Crippen LogP contribution < -0.4 is 11.1 Å². The first-order valence-corrected chi connectivity index (χ1v) is 6.63. The van der Waals surface area contributed by atoms with Crippen molar-refractivity contribution in [1.29, 1.82) is 0 Å². The molecule has 0 radical (unpaired) electrons. The second kappa shape index (κ2) is 5.66. The second-order valence-electron chi connectivity index (χ2n) is 4.57. The number of nitrogens with two attached hydrogens (primary N) is 1. The number of nitrogen functional groups attached to an aromatic ring is 1. The third-order valence-corrected chi connectivity index (χ3v) is 3.39. The van der Waals surface area contributed by atoms with E-state index in [0.717, 1.165) is 17.7 Å². The lowest BCUT2D eigenvalue weighted by molar-refractivity contribution is -0.137. The Bertz CT molecular complexity index is 685. The predicted molar refractivity (Wildman–Crippen MR) is 80.3 cm³/mol. The van der Waals surface area contributed by atoms with E-state index in [1.807, 2.05) is 0 Å². The van der Waals surface area contributed by atoms with E-state index in [1.165, 1.54) is 6.07 Å². The molecule has 2 nitrogen and oxygen atoms in total. The number of benzene rings is 2. The number of halogens is 5. The number of alkyl halides is 3. The van der Waals surface area contributed by atoms with Crippen LogP contribution in [-0.4, -0.2) is 0 Å². The molecule has 112 valence electrons. The lowest BCUT2D eigenvalue weighted by atomic mass is 10.1. The topological polar surface area (TPSA) is 38.0 Å². The molecule has 0 amide bonds. The summed E-state index contributed by atoms with van der Waals surface area (Å²) in [6.45, 7) is 1.80. The largest absolute Gasteiger partial charge is 0.416 e. The highest BCUT2D eigenvalue weighted by molar-refractivity contribution is 6.36. The Balaban J connectivity index is 2.43. The molecular weight excluding hydrogens is 324 g/mol. The highest BCUT2D eigenvalue weighted by atomic mass is 35.5. The Morgan fingerprint density at radius 1 is 1.05 bits per heavy atom. The van der Waals surface area contributed by atoms with Gasteiger partial charge < -0.3 is 11.1 Å². The third-order valence-electron chi connectivity index (χ3n) is 2.75.